The summed E-state index contributed by atoms with van der Waals surface area (Å²) in [4.78, 5) is 22.8. The number of carbonyl (C=O) groups is 2. The third-order valence-electron chi connectivity index (χ3n) is 2.30. The van der Waals surface area contributed by atoms with Crippen LogP contribution in [0.15, 0.2) is 18.2 Å². The lowest BCUT2D eigenvalue weighted by molar-refractivity contribution is -0.122. The summed E-state index contributed by atoms with van der Waals surface area (Å²) in [5, 5.41) is 2.43. The molecule has 1 aromatic carbocycles. The minimum atomic E-state index is -1.18. The van der Waals surface area contributed by atoms with Gasteiger partial charge in [0.05, 0.1) is 5.69 Å². The molecule has 0 aliphatic rings. The van der Waals surface area contributed by atoms with Crippen LogP contribution in [0.5, 0.6) is 0 Å². The molecule has 0 radical (unpaired) electrons. The highest BCUT2D eigenvalue weighted by Crippen LogP contribution is 2.13. The molecule has 0 saturated carbocycles. The zero-order valence-electron chi connectivity index (χ0n) is 9.58. The maximum Gasteiger partial charge on any atom is 0.252 e. The van der Waals surface area contributed by atoms with Gasteiger partial charge in [0.25, 0.3) is 5.91 Å². The molecular formula is C11H14FN3O2. The third-order valence-corrected chi connectivity index (χ3v) is 2.30. The van der Waals surface area contributed by atoms with E-state index in [-0.39, 0.29) is 11.3 Å². The summed E-state index contributed by atoms with van der Waals surface area (Å²) in [7, 11) is 0. The van der Waals surface area contributed by atoms with Crippen LogP contribution in [0.3, 0.4) is 0 Å². The fraction of sp³-hybridized carbons (Fsp3) is 0.273. The second-order valence-corrected chi connectivity index (χ2v) is 4.18. The van der Waals surface area contributed by atoms with Gasteiger partial charge in [-0.2, -0.15) is 0 Å². The molecule has 17 heavy (non-hydrogen) atoms. The highest BCUT2D eigenvalue weighted by Gasteiger charge is 2.27. The molecule has 1 aromatic rings. The number of primary amides is 1. The first-order valence-corrected chi connectivity index (χ1v) is 4.91. The molecule has 92 valence electrons. The van der Waals surface area contributed by atoms with Gasteiger partial charge in [-0.15, -0.1) is 0 Å². The zero-order chi connectivity index (χ0) is 13.2. The van der Waals surface area contributed by atoms with Crippen LogP contribution in [0, 0.1) is 5.82 Å². The van der Waals surface area contributed by atoms with Crippen molar-refractivity contribution in [3.8, 4) is 0 Å². The molecule has 5 N–H and O–H groups in total. The number of amides is 2. The van der Waals surface area contributed by atoms with Gasteiger partial charge in [0.2, 0.25) is 5.91 Å². The summed E-state index contributed by atoms with van der Waals surface area (Å²) in [6.45, 7) is 2.94. The molecule has 0 bridgehead atoms. The average molecular weight is 239 g/mol. The first-order chi connectivity index (χ1) is 7.74. The van der Waals surface area contributed by atoms with E-state index in [0.29, 0.717) is 0 Å². The Morgan fingerprint density at radius 1 is 1.35 bits per heavy atom. The van der Waals surface area contributed by atoms with Crippen LogP contribution in [-0.2, 0) is 4.79 Å². The Balaban J connectivity index is 2.91. The van der Waals surface area contributed by atoms with E-state index in [1.807, 2.05) is 0 Å². The molecule has 2 amide bonds. The number of benzene rings is 1. The lowest BCUT2D eigenvalue weighted by Crippen LogP contribution is -2.53. The number of halogens is 1. The van der Waals surface area contributed by atoms with E-state index in [1.165, 1.54) is 26.0 Å². The fourth-order valence-electron chi connectivity index (χ4n) is 1.10. The van der Waals surface area contributed by atoms with Gasteiger partial charge in [0, 0.05) is 5.56 Å². The molecule has 0 heterocycles. The quantitative estimate of drug-likeness (QED) is 0.666. The number of anilines is 1. The van der Waals surface area contributed by atoms with Crippen molar-refractivity contribution >= 4 is 17.5 Å². The molecule has 0 spiro atoms. The van der Waals surface area contributed by atoms with Gasteiger partial charge < -0.3 is 16.8 Å². The minimum Gasteiger partial charge on any atom is -0.396 e. The largest absolute Gasteiger partial charge is 0.396 e. The molecule has 0 unspecified atom stereocenters. The summed E-state index contributed by atoms with van der Waals surface area (Å²) >= 11 is 0. The van der Waals surface area contributed by atoms with Crippen molar-refractivity contribution in [3.63, 3.8) is 0 Å². The van der Waals surface area contributed by atoms with Crippen LogP contribution >= 0.6 is 0 Å². The van der Waals surface area contributed by atoms with Gasteiger partial charge >= 0.3 is 0 Å². The molecule has 5 nitrogen and oxygen atoms in total. The Morgan fingerprint density at radius 3 is 2.41 bits per heavy atom. The summed E-state index contributed by atoms with van der Waals surface area (Å²) < 4.78 is 12.9. The van der Waals surface area contributed by atoms with Crippen LogP contribution in [0.1, 0.15) is 24.2 Å². The smallest absolute Gasteiger partial charge is 0.252 e. The van der Waals surface area contributed by atoms with E-state index in [4.69, 9.17) is 11.5 Å². The predicted octanol–water partition coefficient (Wildman–Crippen LogP) is 0.402. The Hall–Kier alpha value is -2.11. The highest BCUT2D eigenvalue weighted by atomic mass is 19.1. The number of nitrogens with two attached hydrogens (primary N) is 2. The molecular weight excluding hydrogens is 225 g/mol. The van der Waals surface area contributed by atoms with Gasteiger partial charge in [-0.25, -0.2) is 4.39 Å². The number of nitrogens with one attached hydrogen (secondary N) is 1. The van der Waals surface area contributed by atoms with Crippen LogP contribution in [0.2, 0.25) is 0 Å². The van der Waals surface area contributed by atoms with Crippen LogP contribution < -0.4 is 16.8 Å². The lowest BCUT2D eigenvalue weighted by atomic mass is 10.0. The van der Waals surface area contributed by atoms with Crippen LogP contribution in [0.4, 0.5) is 10.1 Å². The second kappa shape index (κ2) is 4.40. The fourth-order valence-corrected chi connectivity index (χ4v) is 1.10. The van der Waals surface area contributed by atoms with Gasteiger partial charge in [0.15, 0.2) is 0 Å². The summed E-state index contributed by atoms with van der Waals surface area (Å²) in [6, 6.07) is 3.56. The van der Waals surface area contributed by atoms with Gasteiger partial charge in [-0.1, -0.05) is 0 Å². The molecule has 0 saturated heterocycles. The maximum absolute atomic E-state index is 12.9. The summed E-state index contributed by atoms with van der Waals surface area (Å²) in [6.07, 6.45) is 0. The number of carbonyl (C=O) groups excluding carboxylic acids is 2. The van der Waals surface area contributed by atoms with Crippen molar-refractivity contribution < 1.29 is 14.0 Å². The minimum absolute atomic E-state index is 0.130. The van der Waals surface area contributed by atoms with E-state index in [2.05, 4.69) is 5.32 Å². The van der Waals surface area contributed by atoms with Gasteiger partial charge in [-0.3, -0.25) is 9.59 Å². The molecule has 0 aromatic heterocycles. The first kappa shape index (κ1) is 13.0. The van der Waals surface area contributed by atoms with E-state index in [0.717, 1.165) is 6.07 Å². The predicted molar refractivity (Wildman–Crippen MR) is 61.6 cm³/mol. The first-order valence-electron chi connectivity index (χ1n) is 4.91. The van der Waals surface area contributed by atoms with Crippen LogP contribution in [0.25, 0.3) is 0 Å². The summed E-state index contributed by atoms with van der Waals surface area (Å²) in [5.74, 6) is -1.81. The number of nitrogen functional groups attached to an aromatic ring is 1. The molecule has 0 atom stereocenters. The Morgan fingerprint density at radius 2 is 1.94 bits per heavy atom. The SMILES string of the molecule is CC(C)(NC(=O)c1ccc(F)c(N)c1)C(N)=O. The second-order valence-electron chi connectivity index (χ2n) is 4.18. The zero-order valence-corrected chi connectivity index (χ0v) is 9.58. The van der Waals surface area contributed by atoms with Gasteiger partial charge in [0.1, 0.15) is 11.4 Å². The average Bonchev–Trinajstić information content (AvgIpc) is 2.21. The molecule has 0 aliphatic heterocycles. The van der Waals surface area contributed by atoms with Crippen LogP contribution in [-0.4, -0.2) is 17.4 Å². The van der Waals surface area contributed by atoms with Crippen molar-refractivity contribution in [2.24, 2.45) is 5.73 Å². The van der Waals surface area contributed by atoms with E-state index in [9.17, 15) is 14.0 Å². The van der Waals surface area contributed by atoms with E-state index < -0.39 is 23.2 Å². The van der Waals surface area contributed by atoms with E-state index >= 15 is 0 Å². The number of rotatable bonds is 3. The summed E-state index contributed by atoms with van der Waals surface area (Å²) in [5.41, 5.74) is 9.30. The van der Waals surface area contributed by atoms with Crippen molar-refractivity contribution in [1.82, 2.24) is 5.32 Å². The van der Waals surface area contributed by atoms with Crippen molar-refractivity contribution in [1.29, 1.82) is 0 Å². The highest BCUT2D eigenvalue weighted by molar-refractivity contribution is 5.99. The molecule has 0 aliphatic carbocycles. The number of hydrogen-bond donors (Lipinski definition) is 3. The normalized spacial score (nSPS) is 11.0. The van der Waals surface area contributed by atoms with Crippen molar-refractivity contribution in [3.05, 3.63) is 29.6 Å². The van der Waals surface area contributed by atoms with Crippen molar-refractivity contribution in [2.75, 3.05) is 5.73 Å². The molecule has 1 rings (SSSR count). The van der Waals surface area contributed by atoms with Gasteiger partial charge in [-0.05, 0) is 32.0 Å². The monoisotopic (exact) mass is 239 g/mol. The van der Waals surface area contributed by atoms with E-state index in [1.54, 1.807) is 0 Å². The van der Waals surface area contributed by atoms with Crippen molar-refractivity contribution in [2.45, 2.75) is 19.4 Å². The lowest BCUT2D eigenvalue weighted by Gasteiger charge is -2.22. The third kappa shape index (κ3) is 2.93. The Bertz CT molecular complexity index is 472. The molecule has 0 fully saturated rings. The standard InChI is InChI=1S/C11H14FN3O2/c1-11(2,10(14)17)15-9(16)6-3-4-7(12)8(13)5-6/h3-5H,13H2,1-2H3,(H2,14,17)(H,15,16). The maximum atomic E-state index is 12.9. The number of hydrogen-bond acceptors (Lipinski definition) is 3. The Labute approximate surface area is 98.0 Å². The molecule has 6 heteroatoms. The Kier molecular flexibility index (Phi) is 3.36. The topological polar surface area (TPSA) is 98.2 Å².